The highest BCUT2D eigenvalue weighted by Gasteiger charge is 2.14. The van der Waals surface area contributed by atoms with Gasteiger partial charge in [-0.2, -0.15) is 5.10 Å². The van der Waals surface area contributed by atoms with Gasteiger partial charge in [0.25, 0.3) is 5.91 Å². The number of ether oxygens (including phenoxy) is 1. The summed E-state index contributed by atoms with van der Waals surface area (Å²) in [6.07, 6.45) is 0. The quantitative estimate of drug-likeness (QED) is 0.567. The van der Waals surface area contributed by atoms with Crippen LogP contribution in [-0.4, -0.2) is 28.2 Å². The number of fused-ring (bicyclic) bond motifs is 1. The molecule has 0 aliphatic heterocycles. The highest BCUT2D eigenvalue weighted by molar-refractivity contribution is 7.18. The Balaban J connectivity index is 1.57. The predicted octanol–water partition coefficient (Wildman–Crippen LogP) is 4.26. The van der Waals surface area contributed by atoms with Crippen molar-refractivity contribution in [3.63, 3.8) is 0 Å². The fourth-order valence-electron chi connectivity index (χ4n) is 2.75. The third kappa shape index (κ3) is 3.04. The fraction of sp³-hybridized carbons (Fsp3) is 0.105. The molecule has 0 bridgehead atoms. The molecule has 0 unspecified atom stereocenters. The van der Waals surface area contributed by atoms with E-state index in [-0.39, 0.29) is 5.91 Å². The van der Waals surface area contributed by atoms with E-state index < -0.39 is 0 Å². The molecule has 26 heavy (non-hydrogen) atoms. The minimum atomic E-state index is -0.259. The summed E-state index contributed by atoms with van der Waals surface area (Å²) in [6.45, 7) is 1.97. The second-order valence-corrected chi connectivity index (χ2v) is 6.97. The summed E-state index contributed by atoms with van der Waals surface area (Å²) >= 11 is 1.63. The molecule has 6 nitrogen and oxygen atoms in total. The maximum Gasteiger partial charge on any atom is 0.273 e. The number of nitrogens with zero attached hydrogens (tertiary/aromatic N) is 2. The number of carbonyl (C=O) groups excluding carboxylic acids is 1. The van der Waals surface area contributed by atoms with Crippen molar-refractivity contribution in [1.82, 2.24) is 15.2 Å². The van der Waals surface area contributed by atoms with Gasteiger partial charge in [0, 0.05) is 11.3 Å². The number of thiazole rings is 1. The molecule has 0 atom stereocenters. The van der Waals surface area contributed by atoms with Gasteiger partial charge in [-0.1, -0.05) is 12.1 Å². The van der Waals surface area contributed by atoms with Crippen molar-refractivity contribution in [2.75, 3.05) is 12.4 Å². The van der Waals surface area contributed by atoms with E-state index >= 15 is 0 Å². The highest BCUT2D eigenvalue weighted by atomic mass is 32.1. The lowest BCUT2D eigenvalue weighted by atomic mass is 10.1. The van der Waals surface area contributed by atoms with Crippen molar-refractivity contribution in [3.05, 3.63) is 59.2 Å². The standard InChI is InChI=1S/C19H16N4O2S/c1-11-20-15-9-12(7-8-18(15)26-11)21-19(24)16-10-14(22-23-16)13-5-3-4-6-17(13)25-2/h3-10H,1-2H3,(H,21,24)(H,22,23). The summed E-state index contributed by atoms with van der Waals surface area (Å²) < 4.78 is 6.45. The highest BCUT2D eigenvalue weighted by Crippen LogP contribution is 2.29. The summed E-state index contributed by atoms with van der Waals surface area (Å²) in [4.78, 5) is 17.0. The summed E-state index contributed by atoms with van der Waals surface area (Å²) in [5, 5.41) is 10.9. The summed E-state index contributed by atoms with van der Waals surface area (Å²) in [6, 6.07) is 14.9. The van der Waals surface area contributed by atoms with Crippen molar-refractivity contribution >= 4 is 33.1 Å². The molecule has 2 heterocycles. The smallest absolute Gasteiger partial charge is 0.273 e. The maximum absolute atomic E-state index is 12.5. The molecule has 2 aromatic heterocycles. The number of benzene rings is 2. The first-order valence-corrected chi connectivity index (χ1v) is 8.83. The van der Waals surface area contributed by atoms with Gasteiger partial charge in [0.05, 0.1) is 28.0 Å². The second-order valence-electron chi connectivity index (χ2n) is 5.74. The Bertz CT molecular complexity index is 1100. The van der Waals surface area contributed by atoms with E-state index in [0.29, 0.717) is 22.8 Å². The molecule has 4 rings (SSSR count). The zero-order valence-electron chi connectivity index (χ0n) is 14.2. The maximum atomic E-state index is 12.5. The van der Waals surface area contributed by atoms with Crippen LogP contribution in [0.3, 0.4) is 0 Å². The SMILES string of the molecule is COc1ccccc1-c1cc(C(=O)Nc2ccc3sc(C)nc3c2)[nH]n1. The number of amides is 1. The number of carbonyl (C=O) groups is 1. The van der Waals surface area contributed by atoms with Crippen LogP contribution in [0.4, 0.5) is 5.69 Å². The average molecular weight is 364 g/mol. The Labute approximate surface area is 153 Å². The van der Waals surface area contributed by atoms with Gasteiger partial charge in [-0.15, -0.1) is 11.3 Å². The first-order valence-electron chi connectivity index (χ1n) is 8.01. The van der Waals surface area contributed by atoms with Gasteiger partial charge in [-0.3, -0.25) is 9.89 Å². The van der Waals surface area contributed by atoms with Crippen LogP contribution in [0.5, 0.6) is 5.75 Å². The molecule has 1 amide bonds. The molecule has 0 saturated heterocycles. The van der Waals surface area contributed by atoms with Gasteiger partial charge < -0.3 is 10.1 Å². The van der Waals surface area contributed by atoms with Crippen molar-refractivity contribution in [2.24, 2.45) is 0 Å². The summed E-state index contributed by atoms with van der Waals surface area (Å²) in [5.74, 6) is 0.445. The molecule has 2 N–H and O–H groups in total. The van der Waals surface area contributed by atoms with Crippen LogP contribution < -0.4 is 10.1 Å². The molecule has 7 heteroatoms. The van der Waals surface area contributed by atoms with E-state index in [0.717, 1.165) is 20.8 Å². The summed E-state index contributed by atoms with van der Waals surface area (Å²) in [7, 11) is 1.61. The number of nitrogens with one attached hydrogen (secondary N) is 2. The minimum absolute atomic E-state index is 0.259. The average Bonchev–Trinajstić information content (AvgIpc) is 3.27. The third-order valence-electron chi connectivity index (χ3n) is 3.96. The number of para-hydroxylation sites is 1. The number of aromatic nitrogens is 3. The van der Waals surface area contributed by atoms with Gasteiger partial charge in [0.2, 0.25) is 0 Å². The molecule has 0 fully saturated rings. The number of aryl methyl sites for hydroxylation is 1. The molecule has 0 saturated carbocycles. The lowest BCUT2D eigenvalue weighted by Gasteiger charge is -2.04. The van der Waals surface area contributed by atoms with Crippen molar-refractivity contribution in [1.29, 1.82) is 0 Å². The molecular weight excluding hydrogens is 348 g/mol. The van der Waals surface area contributed by atoms with Crippen LogP contribution in [0.25, 0.3) is 21.5 Å². The molecule has 130 valence electrons. The van der Waals surface area contributed by atoms with E-state index in [1.165, 1.54) is 0 Å². The Hall–Kier alpha value is -3.19. The molecule has 0 aliphatic rings. The van der Waals surface area contributed by atoms with Crippen molar-refractivity contribution in [2.45, 2.75) is 6.92 Å². The van der Waals surface area contributed by atoms with Crippen molar-refractivity contribution in [3.8, 4) is 17.0 Å². The molecule has 0 spiro atoms. The molecule has 4 aromatic rings. The zero-order valence-corrected chi connectivity index (χ0v) is 15.1. The second kappa shape index (κ2) is 6.61. The normalized spacial score (nSPS) is 10.8. The van der Waals surface area contributed by atoms with Gasteiger partial charge in [-0.25, -0.2) is 4.98 Å². The Morgan fingerprint density at radius 2 is 2.04 bits per heavy atom. The lowest BCUT2D eigenvalue weighted by molar-refractivity contribution is 0.102. The Kier molecular flexibility index (Phi) is 4.14. The van der Waals surface area contributed by atoms with Gasteiger partial charge in [-0.05, 0) is 43.3 Å². The van der Waals surface area contributed by atoms with Gasteiger partial charge in [0.15, 0.2) is 0 Å². The first kappa shape index (κ1) is 16.3. The number of hydrogen-bond acceptors (Lipinski definition) is 5. The van der Waals surface area contributed by atoms with Crippen LogP contribution >= 0.6 is 11.3 Å². The molecule has 0 aliphatic carbocycles. The van der Waals surface area contributed by atoms with Crippen molar-refractivity contribution < 1.29 is 9.53 Å². The van der Waals surface area contributed by atoms with Crippen LogP contribution in [0, 0.1) is 6.92 Å². The lowest BCUT2D eigenvalue weighted by Crippen LogP contribution is -2.12. The molecular formula is C19H16N4O2S. The van der Waals surface area contributed by atoms with E-state index in [4.69, 9.17) is 4.74 Å². The fourth-order valence-corrected chi connectivity index (χ4v) is 3.56. The number of anilines is 1. The largest absolute Gasteiger partial charge is 0.496 e. The van der Waals surface area contributed by atoms with Gasteiger partial charge >= 0.3 is 0 Å². The third-order valence-corrected chi connectivity index (χ3v) is 4.91. The Morgan fingerprint density at radius 3 is 2.88 bits per heavy atom. The molecule has 2 aromatic carbocycles. The van der Waals surface area contributed by atoms with E-state index in [2.05, 4.69) is 20.5 Å². The van der Waals surface area contributed by atoms with Crippen LogP contribution in [0.15, 0.2) is 48.5 Å². The minimum Gasteiger partial charge on any atom is -0.496 e. The summed E-state index contributed by atoms with van der Waals surface area (Å²) in [5.41, 5.74) is 3.43. The number of H-pyrrole nitrogens is 1. The van der Waals surface area contributed by atoms with Crippen LogP contribution in [0.1, 0.15) is 15.5 Å². The Morgan fingerprint density at radius 1 is 1.19 bits per heavy atom. The predicted molar refractivity (Wildman–Crippen MR) is 103 cm³/mol. The number of rotatable bonds is 4. The zero-order chi connectivity index (χ0) is 18.1. The first-order chi connectivity index (χ1) is 12.6. The van der Waals surface area contributed by atoms with Gasteiger partial charge in [0.1, 0.15) is 11.4 Å². The molecule has 0 radical (unpaired) electrons. The van der Waals surface area contributed by atoms with E-state index in [1.807, 2.05) is 49.4 Å². The monoisotopic (exact) mass is 364 g/mol. The number of hydrogen-bond donors (Lipinski definition) is 2. The van der Waals surface area contributed by atoms with E-state index in [9.17, 15) is 4.79 Å². The van der Waals surface area contributed by atoms with E-state index in [1.54, 1.807) is 24.5 Å². The number of methoxy groups -OCH3 is 1. The van der Waals surface area contributed by atoms with Crippen LogP contribution in [-0.2, 0) is 0 Å². The van der Waals surface area contributed by atoms with Crippen LogP contribution in [0.2, 0.25) is 0 Å². The topological polar surface area (TPSA) is 79.9 Å². The number of aromatic amines is 1.